The Hall–Kier alpha value is -1.99. The maximum atomic E-state index is 12.1. The van der Waals surface area contributed by atoms with Crippen LogP contribution in [0.3, 0.4) is 0 Å². The molecule has 1 aliphatic carbocycles. The van der Waals surface area contributed by atoms with E-state index < -0.39 is 0 Å². The number of hydrogen-bond donors (Lipinski definition) is 1. The summed E-state index contributed by atoms with van der Waals surface area (Å²) in [4.78, 5) is 22.0. The second kappa shape index (κ2) is 5.33. The van der Waals surface area contributed by atoms with Crippen molar-refractivity contribution in [2.75, 3.05) is 0 Å². The highest BCUT2D eigenvalue weighted by atomic mass is 32.1. The van der Waals surface area contributed by atoms with Crippen molar-refractivity contribution in [2.24, 2.45) is 7.05 Å². The van der Waals surface area contributed by atoms with E-state index in [4.69, 9.17) is 0 Å². The molecule has 0 aromatic carbocycles. The van der Waals surface area contributed by atoms with Gasteiger partial charge < -0.3 is 4.98 Å². The highest BCUT2D eigenvalue weighted by Gasteiger charge is 2.29. The van der Waals surface area contributed by atoms with Gasteiger partial charge in [-0.05, 0) is 35.2 Å². The summed E-state index contributed by atoms with van der Waals surface area (Å²) in [6.07, 6.45) is 4.01. The summed E-state index contributed by atoms with van der Waals surface area (Å²) in [6, 6.07) is 2.76. The molecule has 3 aromatic heterocycles. The van der Waals surface area contributed by atoms with E-state index in [-0.39, 0.29) is 5.56 Å². The Kier molecular flexibility index (Phi) is 3.31. The summed E-state index contributed by atoms with van der Waals surface area (Å²) >= 11 is 1.72. The Balaban J connectivity index is 1.63. The fourth-order valence-corrected chi connectivity index (χ4v) is 3.38. The third-order valence-electron chi connectivity index (χ3n) is 4.03. The molecule has 3 aromatic rings. The first kappa shape index (κ1) is 13.7. The summed E-state index contributed by atoms with van der Waals surface area (Å²) in [5.41, 5.74) is 1.85. The van der Waals surface area contributed by atoms with E-state index in [1.54, 1.807) is 22.2 Å². The van der Waals surface area contributed by atoms with Gasteiger partial charge in [0.1, 0.15) is 11.2 Å². The van der Waals surface area contributed by atoms with Crippen LogP contribution in [0.15, 0.2) is 27.8 Å². The van der Waals surface area contributed by atoms with Crippen LogP contribution in [-0.4, -0.2) is 30.7 Å². The zero-order chi connectivity index (χ0) is 15.1. The number of aromatic nitrogens is 4. The van der Waals surface area contributed by atoms with Gasteiger partial charge in [-0.25, -0.2) is 4.98 Å². The first-order valence-corrected chi connectivity index (χ1v) is 8.31. The maximum absolute atomic E-state index is 12.1. The van der Waals surface area contributed by atoms with Crippen molar-refractivity contribution in [1.29, 1.82) is 0 Å². The molecule has 0 bridgehead atoms. The van der Waals surface area contributed by atoms with Gasteiger partial charge in [-0.1, -0.05) is 0 Å². The molecule has 0 saturated heterocycles. The number of H-pyrrole nitrogens is 1. The predicted octanol–water partition coefficient (Wildman–Crippen LogP) is 1.88. The molecule has 3 heterocycles. The van der Waals surface area contributed by atoms with Crippen LogP contribution >= 0.6 is 11.3 Å². The molecule has 7 heteroatoms. The Morgan fingerprint density at radius 3 is 3.05 bits per heavy atom. The Morgan fingerprint density at radius 1 is 1.45 bits per heavy atom. The number of fused-ring (bicyclic) bond motifs is 1. The molecular weight excluding hydrogens is 298 g/mol. The van der Waals surface area contributed by atoms with Gasteiger partial charge in [-0.15, -0.1) is 0 Å². The average Bonchev–Trinajstić information content (AvgIpc) is 3.10. The van der Waals surface area contributed by atoms with Crippen LogP contribution in [0.1, 0.15) is 24.2 Å². The van der Waals surface area contributed by atoms with E-state index in [1.807, 2.05) is 7.05 Å². The van der Waals surface area contributed by atoms with Gasteiger partial charge in [0.05, 0.1) is 12.7 Å². The molecule has 1 N–H and O–H groups in total. The number of rotatable bonds is 5. The highest BCUT2D eigenvalue weighted by molar-refractivity contribution is 7.07. The average molecular weight is 315 g/mol. The van der Waals surface area contributed by atoms with Crippen molar-refractivity contribution in [3.8, 4) is 0 Å². The summed E-state index contributed by atoms with van der Waals surface area (Å²) in [7, 11) is 1.81. The molecule has 0 amide bonds. The fraction of sp³-hybridized carbons (Fsp3) is 0.400. The van der Waals surface area contributed by atoms with Crippen LogP contribution < -0.4 is 5.56 Å². The summed E-state index contributed by atoms with van der Waals surface area (Å²) in [6.45, 7) is 1.57. The van der Waals surface area contributed by atoms with Crippen LogP contribution in [0.5, 0.6) is 0 Å². The molecule has 1 fully saturated rings. The van der Waals surface area contributed by atoms with Crippen molar-refractivity contribution in [3.63, 3.8) is 0 Å². The van der Waals surface area contributed by atoms with Gasteiger partial charge in [-0.3, -0.25) is 14.4 Å². The van der Waals surface area contributed by atoms with E-state index in [1.165, 1.54) is 18.4 Å². The van der Waals surface area contributed by atoms with Crippen molar-refractivity contribution in [3.05, 3.63) is 44.8 Å². The zero-order valence-electron chi connectivity index (χ0n) is 12.3. The number of hydrogen-bond acceptors (Lipinski definition) is 5. The monoisotopic (exact) mass is 315 g/mol. The lowest BCUT2D eigenvalue weighted by molar-refractivity contribution is 0.240. The normalized spacial score (nSPS) is 15.0. The van der Waals surface area contributed by atoms with Crippen molar-refractivity contribution in [1.82, 2.24) is 24.6 Å². The molecule has 114 valence electrons. The zero-order valence-corrected chi connectivity index (χ0v) is 13.1. The highest BCUT2D eigenvalue weighted by Crippen LogP contribution is 2.29. The Labute approximate surface area is 131 Å². The third kappa shape index (κ3) is 2.57. The van der Waals surface area contributed by atoms with Crippen molar-refractivity contribution < 1.29 is 0 Å². The fourth-order valence-electron chi connectivity index (χ4n) is 2.72. The van der Waals surface area contributed by atoms with E-state index >= 15 is 0 Å². The van der Waals surface area contributed by atoms with Gasteiger partial charge >= 0.3 is 0 Å². The van der Waals surface area contributed by atoms with E-state index in [0.717, 1.165) is 6.54 Å². The number of aryl methyl sites for hydroxylation is 1. The van der Waals surface area contributed by atoms with Crippen LogP contribution in [-0.2, 0) is 20.1 Å². The summed E-state index contributed by atoms with van der Waals surface area (Å²) in [5.74, 6) is 0.711. The lowest BCUT2D eigenvalue weighted by Crippen LogP contribution is -2.27. The van der Waals surface area contributed by atoms with Crippen molar-refractivity contribution in [2.45, 2.75) is 32.0 Å². The van der Waals surface area contributed by atoms with E-state index in [2.05, 4.69) is 36.8 Å². The lowest BCUT2D eigenvalue weighted by atomic mass is 10.3. The van der Waals surface area contributed by atoms with E-state index in [0.29, 0.717) is 29.4 Å². The molecule has 1 saturated carbocycles. The van der Waals surface area contributed by atoms with Crippen LogP contribution in [0.2, 0.25) is 0 Å². The minimum Gasteiger partial charge on any atom is -0.309 e. The number of nitrogens with one attached hydrogen (secondary N) is 1. The minimum atomic E-state index is -0.112. The van der Waals surface area contributed by atoms with Gasteiger partial charge in [0, 0.05) is 19.6 Å². The second-order valence-corrected chi connectivity index (χ2v) is 6.57. The molecule has 0 radical (unpaired) electrons. The molecule has 0 aliphatic heterocycles. The molecule has 0 atom stereocenters. The van der Waals surface area contributed by atoms with Gasteiger partial charge in [0.15, 0.2) is 5.65 Å². The first-order chi connectivity index (χ1) is 10.7. The summed E-state index contributed by atoms with van der Waals surface area (Å²) in [5, 5.41) is 8.93. The molecule has 0 spiro atoms. The quantitative estimate of drug-likeness (QED) is 0.781. The number of aromatic amines is 1. The topological polar surface area (TPSA) is 66.8 Å². The molecule has 1 aliphatic rings. The number of thiophene rings is 1. The van der Waals surface area contributed by atoms with Gasteiger partial charge in [0.2, 0.25) is 0 Å². The maximum Gasteiger partial charge on any atom is 0.262 e. The Bertz CT molecular complexity index is 847. The molecular formula is C15H17N5OS. The van der Waals surface area contributed by atoms with Gasteiger partial charge in [-0.2, -0.15) is 16.4 Å². The third-order valence-corrected chi connectivity index (χ3v) is 4.76. The number of nitrogens with zero attached hydrogens (tertiary/aromatic N) is 4. The predicted molar refractivity (Wildman–Crippen MR) is 85.7 cm³/mol. The smallest absolute Gasteiger partial charge is 0.262 e. The van der Waals surface area contributed by atoms with Gasteiger partial charge in [0.25, 0.3) is 5.56 Å². The molecule has 22 heavy (non-hydrogen) atoms. The Morgan fingerprint density at radius 2 is 2.32 bits per heavy atom. The molecule has 6 nitrogen and oxygen atoms in total. The molecule has 0 unspecified atom stereocenters. The van der Waals surface area contributed by atoms with Crippen LogP contribution in [0.25, 0.3) is 11.0 Å². The second-order valence-electron chi connectivity index (χ2n) is 5.79. The minimum absolute atomic E-state index is 0.112. The largest absolute Gasteiger partial charge is 0.309 e. The van der Waals surface area contributed by atoms with E-state index in [9.17, 15) is 4.79 Å². The first-order valence-electron chi connectivity index (χ1n) is 7.37. The van der Waals surface area contributed by atoms with Crippen LogP contribution in [0.4, 0.5) is 0 Å². The summed E-state index contributed by atoms with van der Waals surface area (Å²) < 4.78 is 1.65. The SMILES string of the molecule is Cn1ncc2c(=O)[nH]c(CN(Cc3ccsc3)C3CC3)nc21. The van der Waals surface area contributed by atoms with Crippen LogP contribution in [0, 0.1) is 0 Å². The lowest BCUT2D eigenvalue weighted by Gasteiger charge is -2.20. The standard InChI is InChI=1S/C15H17N5OS/c1-19-14-12(6-16-19)15(21)18-13(17-14)8-20(11-2-3-11)7-10-4-5-22-9-10/h4-6,9,11H,2-3,7-8H2,1H3,(H,17,18,21). The van der Waals surface area contributed by atoms with Crippen molar-refractivity contribution >= 4 is 22.4 Å². The molecule has 4 rings (SSSR count).